The number of ether oxygens (including phenoxy) is 1. The van der Waals surface area contributed by atoms with Crippen LogP contribution in [-0.2, 0) is 9.59 Å². The van der Waals surface area contributed by atoms with E-state index in [9.17, 15) is 9.59 Å². The molecule has 1 aromatic heterocycles. The molecule has 1 fully saturated rings. The predicted molar refractivity (Wildman–Crippen MR) is 100 cm³/mol. The summed E-state index contributed by atoms with van der Waals surface area (Å²) in [4.78, 5) is 31.5. The molecule has 1 aliphatic heterocycles. The fourth-order valence-electron chi connectivity index (χ4n) is 2.84. The topological polar surface area (TPSA) is 74.8 Å². The molecule has 1 saturated heterocycles. The number of rotatable bonds is 6. The van der Waals surface area contributed by atoms with Gasteiger partial charge in [-0.1, -0.05) is 18.2 Å². The maximum atomic E-state index is 12.4. The minimum Gasteiger partial charge on any atom is -0.424 e. The molecule has 2 heterocycles. The fourth-order valence-corrected chi connectivity index (χ4v) is 2.84. The molecule has 3 rings (SSSR count). The number of nitrogens with zero attached hydrogens (tertiary/aromatic N) is 3. The Kier molecular flexibility index (Phi) is 7.37. The van der Waals surface area contributed by atoms with Crippen molar-refractivity contribution in [2.24, 2.45) is 0 Å². The van der Waals surface area contributed by atoms with Crippen molar-refractivity contribution in [3.8, 4) is 5.75 Å². The number of pyridine rings is 1. The zero-order valence-corrected chi connectivity index (χ0v) is 15.0. The van der Waals surface area contributed by atoms with E-state index in [4.69, 9.17) is 4.74 Å². The van der Waals surface area contributed by atoms with Gasteiger partial charge < -0.3 is 15.0 Å². The molecule has 0 saturated carbocycles. The van der Waals surface area contributed by atoms with Gasteiger partial charge in [-0.3, -0.25) is 14.7 Å². The lowest BCUT2D eigenvalue weighted by molar-refractivity contribution is -0.143. The van der Waals surface area contributed by atoms with Crippen molar-refractivity contribution >= 4 is 30.5 Å². The van der Waals surface area contributed by atoms with E-state index in [0.717, 1.165) is 18.8 Å². The van der Waals surface area contributed by atoms with Gasteiger partial charge in [-0.05, 0) is 24.3 Å². The largest absolute Gasteiger partial charge is 0.424 e. The number of hydrogen-bond donors (Lipinski definition) is 1. The molecule has 0 radical (unpaired) electrons. The molecule has 0 spiro atoms. The summed E-state index contributed by atoms with van der Waals surface area (Å²) in [5, 5.41) is 2.57. The van der Waals surface area contributed by atoms with Gasteiger partial charge in [0, 0.05) is 44.3 Å². The highest BCUT2D eigenvalue weighted by Gasteiger charge is 2.30. The van der Waals surface area contributed by atoms with Crippen molar-refractivity contribution in [1.82, 2.24) is 15.2 Å². The smallest absolute Gasteiger partial charge is 0.349 e. The molecule has 1 unspecified atom stereocenters. The van der Waals surface area contributed by atoms with Crippen molar-refractivity contribution < 1.29 is 14.3 Å². The lowest BCUT2D eigenvalue weighted by atomic mass is 10.2. The van der Waals surface area contributed by atoms with E-state index in [2.05, 4.69) is 15.2 Å². The second-order valence-electron chi connectivity index (χ2n) is 5.65. The average Bonchev–Trinajstić information content (AvgIpc) is 2.68. The second-order valence-corrected chi connectivity index (χ2v) is 5.65. The number of esters is 1. The fraction of sp³-hybridized carbons (Fsp3) is 0.278. The molecule has 26 heavy (non-hydrogen) atoms. The van der Waals surface area contributed by atoms with Crippen LogP contribution in [0.1, 0.15) is 0 Å². The summed E-state index contributed by atoms with van der Waals surface area (Å²) in [7, 11) is 0. The Labute approximate surface area is 158 Å². The molecule has 0 aliphatic carbocycles. The lowest BCUT2D eigenvalue weighted by Crippen LogP contribution is -2.58. The van der Waals surface area contributed by atoms with Crippen molar-refractivity contribution in [2.45, 2.75) is 6.17 Å². The molecule has 7 nitrogen and oxygen atoms in total. The number of para-hydroxylation sites is 1. The molecule has 1 atom stereocenters. The van der Waals surface area contributed by atoms with Gasteiger partial charge in [0.2, 0.25) is 6.41 Å². The van der Waals surface area contributed by atoms with Crippen molar-refractivity contribution in [2.75, 3.05) is 31.1 Å². The number of nitrogens with one attached hydrogen (secondary N) is 1. The number of piperazine rings is 1. The number of carbonyl (C=O) groups is 2. The van der Waals surface area contributed by atoms with E-state index < -0.39 is 12.1 Å². The van der Waals surface area contributed by atoms with Gasteiger partial charge in [-0.15, -0.1) is 12.4 Å². The highest BCUT2D eigenvalue weighted by molar-refractivity contribution is 5.85. The highest BCUT2D eigenvalue weighted by atomic mass is 35.5. The lowest BCUT2D eigenvalue weighted by Gasteiger charge is -2.38. The summed E-state index contributed by atoms with van der Waals surface area (Å²) < 4.78 is 5.37. The maximum absolute atomic E-state index is 12.4. The first-order chi connectivity index (χ1) is 12.3. The molecule has 2 aromatic rings. The molecular weight excluding hydrogens is 356 g/mol. The number of amides is 1. The third-order valence-electron chi connectivity index (χ3n) is 4.12. The Morgan fingerprint density at radius 3 is 2.35 bits per heavy atom. The summed E-state index contributed by atoms with van der Waals surface area (Å²) in [6, 6.07) is 12.8. The number of aromatic nitrogens is 1. The monoisotopic (exact) mass is 376 g/mol. The van der Waals surface area contributed by atoms with E-state index in [-0.39, 0.29) is 12.4 Å². The predicted octanol–water partition coefficient (Wildman–Crippen LogP) is 1.30. The van der Waals surface area contributed by atoms with Crippen LogP contribution in [-0.4, -0.2) is 54.6 Å². The van der Waals surface area contributed by atoms with Gasteiger partial charge in [-0.25, -0.2) is 4.79 Å². The summed E-state index contributed by atoms with van der Waals surface area (Å²) in [5.74, 6) is -0.0312. The summed E-state index contributed by atoms with van der Waals surface area (Å²) >= 11 is 0. The van der Waals surface area contributed by atoms with Gasteiger partial charge in [0.1, 0.15) is 5.75 Å². The summed E-state index contributed by atoms with van der Waals surface area (Å²) in [6.07, 6.45) is 3.26. The minimum absolute atomic E-state index is 0. The van der Waals surface area contributed by atoms with Crippen LogP contribution in [0.3, 0.4) is 0 Å². The van der Waals surface area contributed by atoms with Gasteiger partial charge >= 0.3 is 5.97 Å². The number of benzene rings is 1. The van der Waals surface area contributed by atoms with Crippen LogP contribution in [0, 0.1) is 0 Å². The van der Waals surface area contributed by atoms with Crippen LogP contribution >= 0.6 is 12.4 Å². The van der Waals surface area contributed by atoms with E-state index in [1.807, 2.05) is 23.1 Å². The van der Waals surface area contributed by atoms with E-state index in [1.54, 1.807) is 36.7 Å². The third kappa shape index (κ3) is 4.93. The molecule has 0 bridgehead atoms. The Morgan fingerprint density at radius 2 is 1.73 bits per heavy atom. The van der Waals surface area contributed by atoms with Crippen LogP contribution in [0.15, 0.2) is 54.9 Å². The molecular formula is C18H21ClN4O3. The van der Waals surface area contributed by atoms with Gasteiger partial charge in [-0.2, -0.15) is 0 Å². The summed E-state index contributed by atoms with van der Waals surface area (Å²) in [6.45, 7) is 2.77. The minimum atomic E-state index is -0.794. The Bertz CT molecular complexity index is 694. The normalized spacial score (nSPS) is 15.5. The Morgan fingerprint density at radius 1 is 1.08 bits per heavy atom. The first-order valence-corrected chi connectivity index (χ1v) is 8.13. The molecule has 1 N–H and O–H groups in total. The molecule has 1 amide bonds. The Hall–Kier alpha value is -2.64. The van der Waals surface area contributed by atoms with Crippen LogP contribution in [0.2, 0.25) is 0 Å². The van der Waals surface area contributed by atoms with E-state index in [0.29, 0.717) is 25.2 Å². The van der Waals surface area contributed by atoms with Crippen LogP contribution in [0.25, 0.3) is 0 Å². The van der Waals surface area contributed by atoms with Gasteiger partial charge in [0.15, 0.2) is 6.17 Å². The summed E-state index contributed by atoms with van der Waals surface area (Å²) in [5.41, 5.74) is 1.10. The van der Waals surface area contributed by atoms with Crippen LogP contribution < -0.4 is 15.0 Å². The SMILES string of the molecule is Cl.O=CNC(C(=O)Oc1ccccc1)N1CCN(c2ccncc2)CC1. The van der Waals surface area contributed by atoms with Crippen molar-refractivity contribution in [3.05, 3.63) is 54.9 Å². The molecule has 1 aliphatic rings. The average molecular weight is 377 g/mol. The highest BCUT2D eigenvalue weighted by Crippen LogP contribution is 2.16. The first-order valence-electron chi connectivity index (χ1n) is 8.13. The third-order valence-corrected chi connectivity index (χ3v) is 4.12. The quantitative estimate of drug-likeness (QED) is 0.465. The molecule has 1 aromatic carbocycles. The Balaban J connectivity index is 0.00000243. The standard InChI is InChI=1S/C18H20N4O3.ClH/c23-14-20-17(18(24)25-16-4-2-1-3-5-16)22-12-10-21(11-13-22)15-6-8-19-9-7-15;/h1-9,14,17H,10-13H2,(H,20,23);1H. The van der Waals surface area contributed by atoms with Crippen LogP contribution in [0.5, 0.6) is 5.75 Å². The van der Waals surface area contributed by atoms with Crippen LogP contribution in [0.4, 0.5) is 5.69 Å². The number of hydrogen-bond acceptors (Lipinski definition) is 6. The van der Waals surface area contributed by atoms with Gasteiger partial charge in [0.25, 0.3) is 0 Å². The number of carbonyl (C=O) groups excluding carboxylic acids is 2. The van der Waals surface area contributed by atoms with E-state index >= 15 is 0 Å². The van der Waals surface area contributed by atoms with Crippen molar-refractivity contribution in [3.63, 3.8) is 0 Å². The first kappa shape index (κ1) is 19.7. The second kappa shape index (κ2) is 9.74. The number of anilines is 1. The molecule has 8 heteroatoms. The zero-order valence-electron chi connectivity index (χ0n) is 14.2. The maximum Gasteiger partial charge on any atom is 0.349 e. The van der Waals surface area contributed by atoms with E-state index in [1.165, 1.54) is 0 Å². The van der Waals surface area contributed by atoms with Crippen molar-refractivity contribution in [1.29, 1.82) is 0 Å². The number of halogens is 1. The zero-order chi connectivity index (χ0) is 17.5. The molecule has 138 valence electrons. The van der Waals surface area contributed by atoms with Gasteiger partial charge in [0.05, 0.1) is 0 Å².